The molecule has 0 aromatic heterocycles. The van der Waals surface area contributed by atoms with Crippen molar-refractivity contribution in [2.45, 2.75) is 51.7 Å². The van der Waals surface area contributed by atoms with Gasteiger partial charge in [-0.25, -0.2) is 0 Å². The molecule has 0 spiro atoms. The van der Waals surface area contributed by atoms with Gasteiger partial charge in [0.05, 0.1) is 4.92 Å². The number of hydrogen-bond donors (Lipinski definition) is 1. The van der Waals surface area contributed by atoms with E-state index in [0.717, 1.165) is 19.3 Å². The molecule has 0 unspecified atom stereocenters. The van der Waals surface area contributed by atoms with Crippen molar-refractivity contribution in [1.82, 2.24) is 5.32 Å². The van der Waals surface area contributed by atoms with E-state index in [4.69, 9.17) is 16.3 Å². The molecule has 0 aliphatic heterocycles. The summed E-state index contributed by atoms with van der Waals surface area (Å²) in [6.45, 7) is 3.71. The standard InChI is InChI=1S/C16H21ClN2O4/c1-10-5-3-4-6-13(10)18-16(20)11(2)23-15-8-7-12(17)9-14(15)19(21)22/h7-11,13H,3-6H2,1-2H3,(H,18,20)/t10-,11-,13-/m1/s1. The Morgan fingerprint density at radius 1 is 1.43 bits per heavy atom. The van der Waals surface area contributed by atoms with E-state index in [2.05, 4.69) is 12.2 Å². The van der Waals surface area contributed by atoms with Crippen LogP contribution in [0.15, 0.2) is 18.2 Å². The van der Waals surface area contributed by atoms with Crippen LogP contribution in [-0.4, -0.2) is 23.0 Å². The average Bonchev–Trinajstić information content (AvgIpc) is 2.51. The lowest BCUT2D eigenvalue weighted by atomic mass is 9.86. The number of halogens is 1. The number of nitro benzene ring substituents is 1. The van der Waals surface area contributed by atoms with Gasteiger partial charge < -0.3 is 10.1 Å². The highest BCUT2D eigenvalue weighted by Gasteiger charge is 2.27. The second kappa shape index (κ2) is 7.64. The maximum atomic E-state index is 12.3. The molecular formula is C16H21ClN2O4. The van der Waals surface area contributed by atoms with E-state index < -0.39 is 11.0 Å². The molecule has 126 valence electrons. The smallest absolute Gasteiger partial charge is 0.312 e. The van der Waals surface area contributed by atoms with Crippen molar-refractivity contribution in [2.24, 2.45) is 5.92 Å². The Morgan fingerprint density at radius 2 is 2.13 bits per heavy atom. The Morgan fingerprint density at radius 3 is 2.78 bits per heavy atom. The fourth-order valence-electron chi connectivity index (χ4n) is 2.81. The number of nitro groups is 1. The molecule has 0 bridgehead atoms. The van der Waals surface area contributed by atoms with Crippen molar-refractivity contribution in [3.63, 3.8) is 0 Å². The molecule has 0 heterocycles. The summed E-state index contributed by atoms with van der Waals surface area (Å²) in [7, 11) is 0. The molecule has 1 aromatic carbocycles. The van der Waals surface area contributed by atoms with Gasteiger partial charge in [-0.15, -0.1) is 0 Å². The highest BCUT2D eigenvalue weighted by atomic mass is 35.5. The molecule has 1 amide bonds. The average molecular weight is 341 g/mol. The molecule has 1 aliphatic carbocycles. The van der Waals surface area contributed by atoms with Gasteiger partial charge in [0.1, 0.15) is 0 Å². The van der Waals surface area contributed by atoms with Crippen LogP contribution in [0.4, 0.5) is 5.69 Å². The number of amides is 1. The molecule has 1 N–H and O–H groups in total. The van der Waals surface area contributed by atoms with E-state index in [1.54, 1.807) is 6.92 Å². The SMILES string of the molecule is C[C@@H]1CCCC[C@H]1NC(=O)[C@@H](C)Oc1ccc(Cl)cc1[N+](=O)[O-]. The van der Waals surface area contributed by atoms with Crippen molar-refractivity contribution in [3.05, 3.63) is 33.3 Å². The minimum absolute atomic E-state index is 0.0405. The van der Waals surface area contributed by atoms with Gasteiger partial charge in [0.15, 0.2) is 11.9 Å². The maximum absolute atomic E-state index is 12.3. The van der Waals surface area contributed by atoms with Crippen LogP contribution < -0.4 is 10.1 Å². The summed E-state index contributed by atoms with van der Waals surface area (Å²) >= 11 is 5.77. The monoisotopic (exact) mass is 340 g/mol. The summed E-state index contributed by atoms with van der Waals surface area (Å²) in [6.07, 6.45) is 3.54. The number of nitrogens with one attached hydrogen (secondary N) is 1. The minimum atomic E-state index is -0.816. The van der Waals surface area contributed by atoms with Crippen LogP contribution in [-0.2, 0) is 4.79 Å². The molecular weight excluding hydrogens is 320 g/mol. The molecule has 1 saturated carbocycles. The zero-order valence-corrected chi connectivity index (χ0v) is 14.0. The van der Waals surface area contributed by atoms with E-state index in [9.17, 15) is 14.9 Å². The molecule has 6 nitrogen and oxygen atoms in total. The first-order valence-electron chi connectivity index (χ1n) is 7.79. The number of carbonyl (C=O) groups excluding carboxylic acids is 1. The van der Waals surface area contributed by atoms with E-state index in [-0.39, 0.29) is 28.4 Å². The van der Waals surface area contributed by atoms with Crippen LogP contribution in [0.5, 0.6) is 5.75 Å². The van der Waals surface area contributed by atoms with Gasteiger partial charge in [-0.1, -0.05) is 31.4 Å². The number of carbonyl (C=O) groups is 1. The molecule has 1 aromatic rings. The molecule has 23 heavy (non-hydrogen) atoms. The number of nitrogens with zero attached hydrogens (tertiary/aromatic N) is 1. The number of rotatable bonds is 5. The van der Waals surface area contributed by atoms with Crippen molar-refractivity contribution in [3.8, 4) is 5.75 Å². The molecule has 0 radical (unpaired) electrons. The Kier molecular flexibility index (Phi) is 5.82. The zero-order chi connectivity index (χ0) is 17.0. The summed E-state index contributed by atoms with van der Waals surface area (Å²) in [6, 6.07) is 4.26. The largest absolute Gasteiger partial charge is 0.474 e. The van der Waals surface area contributed by atoms with E-state index in [1.165, 1.54) is 24.6 Å². The predicted octanol–water partition coefficient (Wildman–Crippen LogP) is 3.71. The first-order chi connectivity index (χ1) is 10.9. The molecule has 2 rings (SSSR count). The lowest BCUT2D eigenvalue weighted by molar-refractivity contribution is -0.386. The Balaban J connectivity index is 2.02. The summed E-state index contributed by atoms with van der Waals surface area (Å²) < 4.78 is 5.49. The van der Waals surface area contributed by atoms with Gasteiger partial charge >= 0.3 is 5.69 Å². The lowest BCUT2D eigenvalue weighted by Crippen LogP contribution is -2.46. The quantitative estimate of drug-likeness (QED) is 0.654. The van der Waals surface area contributed by atoms with E-state index in [1.807, 2.05) is 0 Å². The molecule has 0 saturated heterocycles. The molecule has 3 atom stereocenters. The van der Waals surface area contributed by atoms with Gasteiger partial charge in [0.2, 0.25) is 0 Å². The maximum Gasteiger partial charge on any atom is 0.312 e. The first kappa shape index (κ1) is 17.5. The van der Waals surface area contributed by atoms with Crippen molar-refractivity contribution < 1.29 is 14.5 Å². The predicted molar refractivity (Wildman–Crippen MR) is 87.8 cm³/mol. The Bertz CT molecular complexity index is 593. The van der Waals surface area contributed by atoms with Crippen LogP contribution in [0, 0.1) is 16.0 Å². The zero-order valence-electron chi connectivity index (χ0n) is 13.3. The third-order valence-electron chi connectivity index (χ3n) is 4.23. The number of benzene rings is 1. The molecule has 7 heteroatoms. The molecule has 1 fully saturated rings. The van der Waals surface area contributed by atoms with Gasteiger partial charge in [-0.2, -0.15) is 0 Å². The second-order valence-corrected chi connectivity index (χ2v) is 6.44. The summed E-state index contributed by atoms with van der Waals surface area (Å²) in [5.74, 6) is 0.219. The Labute approximate surface area is 140 Å². The minimum Gasteiger partial charge on any atom is -0.474 e. The van der Waals surface area contributed by atoms with Crippen molar-refractivity contribution in [2.75, 3.05) is 0 Å². The van der Waals surface area contributed by atoms with Crippen LogP contribution in [0.1, 0.15) is 39.5 Å². The third-order valence-corrected chi connectivity index (χ3v) is 4.46. The van der Waals surface area contributed by atoms with Gasteiger partial charge in [0.25, 0.3) is 5.91 Å². The lowest BCUT2D eigenvalue weighted by Gasteiger charge is -2.30. The fourth-order valence-corrected chi connectivity index (χ4v) is 2.97. The van der Waals surface area contributed by atoms with Gasteiger partial charge in [-0.05, 0) is 37.8 Å². The van der Waals surface area contributed by atoms with Crippen LogP contribution in [0.3, 0.4) is 0 Å². The second-order valence-electron chi connectivity index (χ2n) is 6.01. The van der Waals surface area contributed by atoms with Crippen molar-refractivity contribution >= 4 is 23.2 Å². The van der Waals surface area contributed by atoms with Crippen LogP contribution in [0.25, 0.3) is 0 Å². The van der Waals surface area contributed by atoms with Gasteiger partial charge in [-0.3, -0.25) is 14.9 Å². The highest BCUT2D eigenvalue weighted by molar-refractivity contribution is 6.30. The van der Waals surface area contributed by atoms with Gasteiger partial charge in [0, 0.05) is 17.1 Å². The van der Waals surface area contributed by atoms with Crippen LogP contribution >= 0.6 is 11.6 Å². The third kappa shape index (κ3) is 4.58. The summed E-state index contributed by atoms with van der Waals surface area (Å²) in [5, 5.41) is 14.3. The Hall–Kier alpha value is -1.82. The topological polar surface area (TPSA) is 81.5 Å². The number of ether oxygens (including phenoxy) is 1. The number of hydrogen-bond acceptors (Lipinski definition) is 4. The first-order valence-corrected chi connectivity index (χ1v) is 8.17. The summed E-state index contributed by atoms with van der Waals surface area (Å²) in [4.78, 5) is 22.8. The normalized spacial score (nSPS) is 22.2. The molecule has 1 aliphatic rings. The van der Waals surface area contributed by atoms with E-state index in [0.29, 0.717) is 5.92 Å². The van der Waals surface area contributed by atoms with Crippen LogP contribution in [0.2, 0.25) is 5.02 Å². The highest BCUT2D eigenvalue weighted by Crippen LogP contribution is 2.31. The van der Waals surface area contributed by atoms with E-state index >= 15 is 0 Å². The summed E-state index contributed by atoms with van der Waals surface area (Å²) in [5.41, 5.74) is -0.247. The van der Waals surface area contributed by atoms with Crippen molar-refractivity contribution in [1.29, 1.82) is 0 Å². The fraction of sp³-hybridized carbons (Fsp3) is 0.562.